The van der Waals surface area contributed by atoms with Crippen LogP contribution >= 0.6 is 11.8 Å². The Kier molecular flexibility index (Phi) is 6.77. The number of hydrogen-bond acceptors (Lipinski definition) is 3. The smallest absolute Gasteiger partial charge is 0.315 e. The number of aliphatic carboxylic acids is 1. The van der Waals surface area contributed by atoms with Crippen LogP contribution < -0.4 is 10.6 Å². The minimum atomic E-state index is -0.724. The standard InChI is InChI=1S/C17H24N2O3S/c1-23-11-13-4-2-12(3-5-13)10-18-17(22)19-15-8-6-14(7-9-15)16(20)21/h2-5,14-15H,6-11H2,1H3,(H,20,21)(H2,18,19,22). The van der Waals surface area contributed by atoms with Gasteiger partial charge in [0.05, 0.1) is 5.92 Å². The van der Waals surface area contributed by atoms with Crippen molar-refractivity contribution in [2.75, 3.05) is 6.26 Å². The molecule has 1 aliphatic carbocycles. The van der Waals surface area contributed by atoms with E-state index in [9.17, 15) is 9.59 Å². The molecule has 23 heavy (non-hydrogen) atoms. The molecule has 0 unspecified atom stereocenters. The molecule has 1 aromatic carbocycles. The summed E-state index contributed by atoms with van der Waals surface area (Å²) in [6.45, 7) is 0.496. The quantitative estimate of drug-likeness (QED) is 0.746. The summed E-state index contributed by atoms with van der Waals surface area (Å²) in [5, 5.41) is 14.8. The van der Waals surface area contributed by atoms with E-state index >= 15 is 0 Å². The van der Waals surface area contributed by atoms with E-state index in [0.29, 0.717) is 19.4 Å². The highest BCUT2D eigenvalue weighted by Gasteiger charge is 2.26. The Morgan fingerprint density at radius 2 is 1.74 bits per heavy atom. The summed E-state index contributed by atoms with van der Waals surface area (Å²) < 4.78 is 0. The molecular weight excluding hydrogens is 312 g/mol. The summed E-state index contributed by atoms with van der Waals surface area (Å²) in [5.74, 6) is 0.0152. The molecule has 0 saturated heterocycles. The zero-order valence-electron chi connectivity index (χ0n) is 13.4. The van der Waals surface area contributed by atoms with E-state index in [1.165, 1.54) is 5.56 Å². The molecule has 0 radical (unpaired) electrons. The van der Waals surface area contributed by atoms with Crippen LogP contribution in [0.5, 0.6) is 0 Å². The van der Waals surface area contributed by atoms with Gasteiger partial charge < -0.3 is 15.7 Å². The first-order valence-corrected chi connectivity index (χ1v) is 9.31. The van der Waals surface area contributed by atoms with Crippen LogP contribution in [-0.4, -0.2) is 29.4 Å². The summed E-state index contributed by atoms with van der Waals surface area (Å²) >= 11 is 1.78. The number of urea groups is 1. The lowest BCUT2D eigenvalue weighted by Crippen LogP contribution is -2.43. The predicted octanol–water partition coefficient (Wildman–Crippen LogP) is 2.99. The molecule has 1 aromatic rings. The molecule has 2 amide bonds. The largest absolute Gasteiger partial charge is 0.481 e. The zero-order valence-corrected chi connectivity index (χ0v) is 14.2. The Bertz CT molecular complexity index is 525. The summed E-state index contributed by atoms with van der Waals surface area (Å²) in [6.07, 6.45) is 4.81. The fourth-order valence-electron chi connectivity index (χ4n) is 2.82. The van der Waals surface area contributed by atoms with Gasteiger partial charge in [0.25, 0.3) is 0 Å². The van der Waals surface area contributed by atoms with Crippen molar-refractivity contribution in [1.29, 1.82) is 0 Å². The molecule has 6 heteroatoms. The molecule has 1 saturated carbocycles. The Labute approximate surface area is 141 Å². The van der Waals surface area contributed by atoms with E-state index in [0.717, 1.165) is 24.2 Å². The fourth-order valence-corrected chi connectivity index (χ4v) is 3.35. The van der Waals surface area contributed by atoms with E-state index in [4.69, 9.17) is 5.11 Å². The molecule has 126 valence electrons. The summed E-state index contributed by atoms with van der Waals surface area (Å²) in [4.78, 5) is 22.8. The SMILES string of the molecule is CSCc1ccc(CNC(=O)NC2CCC(C(=O)O)CC2)cc1. The van der Waals surface area contributed by atoms with Crippen molar-refractivity contribution in [1.82, 2.24) is 10.6 Å². The summed E-state index contributed by atoms with van der Waals surface area (Å²) in [7, 11) is 0. The van der Waals surface area contributed by atoms with Crippen molar-refractivity contribution in [3.8, 4) is 0 Å². The number of rotatable bonds is 6. The van der Waals surface area contributed by atoms with Crippen LogP contribution in [0.1, 0.15) is 36.8 Å². The lowest BCUT2D eigenvalue weighted by molar-refractivity contribution is -0.142. The second-order valence-electron chi connectivity index (χ2n) is 5.96. The number of carboxylic acids is 1. The van der Waals surface area contributed by atoms with Gasteiger partial charge in [0.15, 0.2) is 0 Å². The monoisotopic (exact) mass is 336 g/mol. The summed E-state index contributed by atoms with van der Waals surface area (Å²) in [6, 6.07) is 8.12. The van der Waals surface area contributed by atoms with E-state index < -0.39 is 5.97 Å². The van der Waals surface area contributed by atoms with Gasteiger partial charge in [-0.25, -0.2) is 4.79 Å². The Balaban J connectivity index is 1.70. The average Bonchev–Trinajstić information content (AvgIpc) is 2.55. The average molecular weight is 336 g/mol. The molecule has 0 spiro atoms. The maximum atomic E-state index is 11.9. The molecule has 1 fully saturated rings. The van der Waals surface area contributed by atoms with Crippen molar-refractivity contribution in [2.24, 2.45) is 5.92 Å². The van der Waals surface area contributed by atoms with Gasteiger partial charge in [0.1, 0.15) is 0 Å². The molecule has 3 N–H and O–H groups in total. The molecular formula is C17H24N2O3S. The highest BCUT2D eigenvalue weighted by molar-refractivity contribution is 7.97. The first kappa shape index (κ1) is 17.7. The van der Waals surface area contributed by atoms with E-state index in [1.54, 1.807) is 11.8 Å². The third-order valence-corrected chi connectivity index (χ3v) is 4.82. The molecule has 1 aliphatic rings. The van der Waals surface area contributed by atoms with Crippen LogP contribution in [-0.2, 0) is 17.1 Å². The van der Waals surface area contributed by atoms with Crippen LogP contribution in [0.15, 0.2) is 24.3 Å². The lowest BCUT2D eigenvalue weighted by Gasteiger charge is -2.26. The van der Waals surface area contributed by atoms with Crippen LogP contribution in [0.25, 0.3) is 0 Å². The van der Waals surface area contributed by atoms with Gasteiger partial charge in [0.2, 0.25) is 0 Å². The number of carboxylic acid groups (broad SMARTS) is 1. The minimum Gasteiger partial charge on any atom is -0.481 e. The Morgan fingerprint density at radius 1 is 1.13 bits per heavy atom. The predicted molar refractivity (Wildman–Crippen MR) is 92.4 cm³/mol. The number of carbonyl (C=O) groups is 2. The molecule has 0 aromatic heterocycles. The van der Waals surface area contributed by atoms with Gasteiger partial charge in [-0.05, 0) is 43.1 Å². The van der Waals surface area contributed by atoms with Crippen molar-refractivity contribution >= 4 is 23.8 Å². The fraction of sp³-hybridized carbons (Fsp3) is 0.529. The lowest BCUT2D eigenvalue weighted by atomic mass is 9.86. The Morgan fingerprint density at radius 3 is 2.30 bits per heavy atom. The highest BCUT2D eigenvalue weighted by atomic mass is 32.2. The molecule has 5 nitrogen and oxygen atoms in total. The maximum absolute atomic E-state index is 11.9. The molecule has 0 bridgehead atoms. The van der Waals surface area contributed by atoms with Crippen LogP contribution in [0, 0.1) is 5.92 Å². The third-order valence-electron chi connectivity index (χ3n) is 4.20. The number of carbonyl (C=O) groups excluding carboxylic acids is 1. The van der Waals surface area contributed by atoms with Gasteiger partial charge >= 0.3 is 12.0 Å². The molecule has 0 atom stereocenters. The van der Waals surface area contributed by atoms with Crippen molar-refractivity contribution < 1.29 is 14.7 Å². The second-order valence-corrected chi connectivity index (χ2v) is 6.83. The van der Waals surface area contributed by atoms with Crippen LogP contribution in [0.2, 0.25) is 0 Å². The van der Waals surface area contributed by atoms with Gasteiger partial charge in [-0.3, -0.25) is 4.79 Å². The molecule has 0 heterocycles. The first-order valence-electron chi connectivity index (χ1n) is 7.92. The first-order chi connectivity index (χ1) is 11.1. The number of hydrogen-bond donors (Lipinski definition) is 3. The van der Waals surface area contributed by atoms with Gasteiger partial charge in [-0.15, -0.1) is 0 Å². The summed E-state index contributed by atoms with van der Waals surface area (Å²) in [5.41, 5.74) is 2.35. The normalized spacial score (nSPS) is 20.7. The van der Waals surface area contributed by atoms with E-state index in [2.05, 4.69) is 29.0 Å². The number of benzene rings is 1. The van der Waals surface area contributed by atoms with Gasteiger partial charge in [-0.1, -0.05) is 24.3 Å². The maximum Gasteiger partial charge on any atom is 0.315 e. The molecule has 0 aliphatic heterocycles. The zero-order chi connectivity index (χ0) is 16.7. The van der Waals surface area contributed by atoms with Crippen LogP contribution in [0.4, 0.5) is 4.79 Å². The van der Waals surface area contributed by atoms with Crippen molar-refractivity contribution in [3.63, 3.8) is 0 Å². The van der Waals surface area contributed by atoms with Crippen molar-refractivity contribution in [2.45, 2.75) is 44.0 Å². The number of nitrogens with one attached hydrogen (secondary N) is 2. The highest BCUT2D eigenvalue weighted by Crippen LogP contribution is 2.24. The minimum absolute atomic E-state index is 0.0783. The van der Waals surface area contributed by atoms with E-state index in [-0.39, 0.29) is 18.0 Å². The number of amides is 2. The van der Waals surface area contributed by atoms with Gasteiger partial charge in [0, 0.05) is 18.3 Å². The van der Waals surface area contributed by atoms with E-state index in [1.807, 2.05) is 12.1 Å². The topological polar surface area (TPSA) is 78.4 Å². The third kappa shape index (κ3) is 5.78. The van der Waals surface area contributed by atoms with Gasteiger partial charge in [-0.2, -0.15) is 11.8 Å². The van der Waals surface area contributed by atoms with Crippen LogP contribution in [0.3, 0.4) is 0 Å². The Hall–Kier alpha value is -1.69. The molecule has 2 rings (SSSR count). The number of thioether (sulfide) groups is 1. The van der Waals surface area contributed by atoms with Crippen molar-refractivity contribution in [3.05, 3.63) is 35.4 Å². The second kappa shape index (κ2) is 8.82.